The Hall–Kier alpha value is -2.85. The van der Waals surface area contributed by atoms with Gasteiger partial charge in [0.15, 0.2) is 11.5 Å². The van der Waals surface area contributed by atoms with E-state index in [2.05, 4.69) is 14.8 Å². The van der Waals surface area contributed by atoms with Crippen LogP contribution in [0.15, 0.2) is 24.4 Å². The molecule has 0 saturated carbocycles. The zero-order chi connectivity index (χ0) is 19.8. The normalized spacial score (nSPS) is 14.4. The van der Waals surface area contributed by atoms with E-state index < -0.39 is 5.09 Å². The first kappa shape index (κ1) is 20.5. The number of aliphatic hydroxyl groups excluding tert-OH is 1. The van der Waals surface area contributed by atoms with E-state index in [4.69, 9.17) is 29.9 Å². The first-order valence-electron chi connectivity index (χ1n) is 8.40. The molecule has 1 N–H and O–H groups in total. The van der Waals surface area contributed by atoms with Gasteiger partial charge in [-0.1, -0.05) is 0 Å². The molecule has 0 aliphatic carbocycles. The van der Waals surface area contributed by atoms with Gasteiger partial charge >= 0.3 is 0 Å². The van der Waals surface area contributed by atoms with Crippen LogP contribution >= 0.6 is 0 Å². The molecule has 0 unspecified atom stereocenters. The summed E-state index contributed by atoms with van der Waals surface area (Å²) in [6.45, 7) is 4.63. The number of rotatable bonds is 5. The van der Waals surface area contributed by atoms with E-state index in [1.807, 2.05) is 24.4 Å². The summed E-state index contributed by atoms with van der Waals surface area (Å²) in [5, 5.41) is 26.0. The number of anilines is 1. The number of piperazine rings is 1. The number of hydrogen-bond acceptors (Lipinski definition) is 9. The molecule has 1 saturated heterocycles. The minimum absolute atomic E-state index is 0.212. The smallest absolute Gasteiger partial charge is 0.161 e. The van der Waals surface area contributed by atoms with Crippen molar-refractivity contribution in [1.82, 2.24) is 9.88 Å². The monoisotopic (exact) mass is 379 g/mol. The average Bonchev–Trinajstić information content (AvgIpc) is 2.67. The second-order valence-corrected chi connectivity index (χ2v) is 5.84. The third-order valence-electron chi connectivity index (χ3n) is 4.34. The highest BCUT2D eigenvalue weighted by atomic mass is 16.9. The van der Waals surface area contributed by atoms with Gasteiger partial charge in [-0.05, 0) is 23.6 Å². The SMILES string of the molecule is COc1cc2ccnc(N3CCN(CCO)CC3)c2cc1OC.O=[N+]([O-])[O-]. The fraction of sp³-hybridized carbons (Fsp3) is 0.471. The zero-order valence-corrected chi connectivity index (χ0v) is 15.3. The fourth-order valence-electron chi connectivity index (χ4n) is 3.06. The van der Waals surface area contributed by atoms with E-state index in [9.17, 15) is 0 Å². The number of benzene rings is 1. The summed E-state index contributed by atoms with van der Waals surface area (Å²) >= 11 is 0. The van der Waals surface area contributed by atoms with E-state index in [0.717, 1.165) is 55.1 Å². The lowest BCUT2D eigenvalue weighted by Crippen LogP contribution is -2.47. The summed E-state index contributed by atoms with van der Waals surface area (Å²) in [5.74, 6) is 2.42. The maximum Gasteiger partial charge on any atom is 0.161 e. The molecule has 1 aliphatic heterocycles. The molecule has 0 amide bonds. The van der Waals surface area contributed by atoms with Crippen LogP contribution in [0.3, 0.4) is 0 Å². The molecule has 0 atom stereocenters. The Labute approximate surface area is 156 Å². The number of β-amino-alcohol motifs (C(OH)–C–C–N with tert-alkyl or cyclic N) is 1. The van der Waals surface area contributed by atoms with Crippen LogP contribution in [0.4, 0.5) is 5.82 Å². The molecular weight excluding hydrogens is 356 g/mol. The van der Waals surface area contributed by atoms with Crippen molar-refractivity contribution >= 4 is 16.6 Å². The number of aliphatic hydroxyl groups is 1. The third kappa shape index (κ3) is 5.31. The van der Waals surface area contributed by atoms with Crippen molar-refractivity contribution in [2.24, 2.45) is 0 Å². The number of methoxy groups -OCH3 is 2. The molecule has 10 heteroatoms. The van der Waals surface area contributed by atoms with Crippen molar-refractivity contribution in [2.45, 2.75) is 0 Å². The Morgan fingerprint density at radius 1 is 1.15 bits per heavy atom. The molecule has 148 valence electrons. The molecule has 1 aromatic heterocycles. The number of hydrogen-bond donors (Lipinski definition) is 1. The molecule has 0 radical (unpaired) electrons. The van der Waals surface area contributed by atoms with Crippen LogP contribution in [-0.2, 0) is 0 Å². The lowest BCUT2D eigenvalue weighted by atomic mass is 10.1. The fourth-order valence-corrected chi connectivity index (χ4v) is 3.06. The molecule has 2 aromatic rings. The van der Waals surface area contributed by atoms with Crippen molar-refractivity contribution in [3.05, 3.63) is 39.7 Å². The van der Waals surface area contributed by atoms with Gasteiger partial charge in [-0.15, -0.1) is 0 Å². The Bertz CT molecular complexity index is 760. The molecule has 0 spiro atoms. The van der Waals surface area contributed by atoms with Gasteiger partial charge in [0.25, 0.3) is 0 Å². The molecular formula is C17H23N4O6-. The number of ether oxygens (including phenoxy) is 2. The zero-order valence-electron chi connectivity index (χ0n) is 15.3. The average molecular weight is 379 g/mol. The van der Waals surface area contributed by atoms with Crippen LogP contribution in [-0.4, -0.2) is 73.6 Å². The number of aromatic nitrogens is 1. The van der Waals surface area contributed by atoms with Gasteiger partial charge in [0, 0.05) is 44.3 Å². The number of fused-ring (bicyclic) bond motifs is 1. The van der Waals surface area contributed by atoms with Crippen LogP contribution in [0.1, 0.15) is 0 Å². The van der Waals surface area contributed by atoms with E-state index in [1.165, 1.54) is 0 Å². The maximum atomic E-state index is 9.06. The lowest BCUT2D eigenvalue weighted by molar-refractivity contribution is -0.402. The van der Waals surface area contributed by atoms with Gasteiger partial charge in [0.1, 0.15) is 5.82 Å². The van der Waals surface area contributed by atoms with E-state index in [1.54, 1.807) is 14.2 Å². The molecule has 1 aromatic carbocycles. The highest BCUT2D eigenvalue weighted by Gasteiger charge is 2.20. The third-order valence-corrected chi connectivity index (χ3v) is 4.34. The van der Waals surface area contributed by atoms with Crippen molar-refractivity contribution in [3.63, 3.8) is 0 Å². The maximum absolute atomic E-state index is 9.06. The van der Waals surface area contributed by atoms with Crippen molar-refractivity contribution < 1.29 is 19.7 Å². The van der Waals surface area contributed by atoms with Crippen molar-refractivity contribution in [2.75, 3.05) is 58.5 Å². The van der Waals surface area contributed by atoms with Gasteiger partial charge in [0.05, 0.1) is 25.9 Å². The van der Waals surface area contributed by atoms with Gasteiger partial charge in [-0.25, -0.2) is 4.98 Å². The predicted molar refractivity (Wildman–Crippen MR) is 101 cm³/mol. The minimum atomic E-state index is -1.75. The van der Waals surface area contributed by atoms with E-state index in [0.29, 0.717) is 5.75 Å². The van der Waals surface area contributed by atoms with Crippen molar-refractivity contribution in [1.29, 1.82) is 0 Å². The Morgan fingerprint density at radius 2 is 1.74 bits per heavy atom. The quantitative estimate of drug-likeness (QED) is 0.601. The standard InChI is InChI=1S/C17H23N3O3.NO3/c1-22-15-11-13-3-4-18-17(14(13)12-16(15)23-2)20-7-5-19(6-8-20)9-10-21;2-1(3)4/h3-4,11-12,21H,5-10H2,1-2H3;/q;-1. The van der Waals surface area contributed by atoms with Crippen LogP contribution in [0.5, 0.6) is 11.5 Å². The Morgan fingerprint density at radius 3 is 2.30 bits per heavy atom. The second-order valence-electron chi connectivity index (χ2n) is 5.84. The molecule has 1 fully saturated rings. The van der Waals surface area contributed by atoms with E-state index >= 15 is 0 Å². The van der Waals surface area contributed by atoms with Crippen LogP contribution < -0.4 is 14.4 Å². The van der Waals surface area contributed by atoms with Crippen LogP contribution in [0.25, 0.3) is 10.8 Å². The largest absolute Gasteiger partial charge is 0.493 e. The van der Waals surface area contributed by atoms with Crippen LogP contribution in [0.2, 0.25) is 0 Å². The van der Waals surface area contributed by atoms with E-state index in [-0.39, 0.29) is 6.61 Å². The molecule has 0 bridgehead atoms. The summed E-state index contributed by atoms with van der Waals surface area (Å²) in [6.07, 6.45) is 1.84. The minimum Gasteiger partial charge on any atom is -0.493 e. The summed E-state index contributed by atoms with van der Waals surface area (Å²) in [5.41, 5.74) is 0. The first-order chi connectivity index (χ1) is 13.0. The second kappa shape index (κ2) is 9.74. The Kier molecular flexibility index (Phi) is 7.38. The van der Waals surface area contributed by atoms with Gasteiger partial charge < -0.3 is 34.8 Å². The Balaban J connectivity index is 0.000000596. The van der Waals surface area contributed by atoms with Gasteiger partial charge in [-0.2, -0.15) is 0 Å². The topological polar surface area (TPSA) is 124 Å². The molecule has 2 heterocycles. The van der Waals surface area contributed by atoms with Crippen LogP contribution in [0, 0.1) is 15.3 Å². The summed E-state index contributed by atoms with van der Waals surface area (Å²) < 4.78 is 10.8. The highest BCUT2D eigenvalue weighted by molar-refractivity contribution is 5.94. The lowest BCUT2D eigenvalue weighted by Gasteiger charge is -2.35. The summed E-state index contributed by atoms with van der Waals surface area (Å²) in [6, 6.07) is 5.97. The summed E-state index contributed by atoms with van der Waals surface area (Å²) in [4.78, 5) is 17.4. The predicted octanol–water partition coefficient (Wildman–Crippen LogP) is 1.13. The molecule has 1 aliphatic rings. The number of nitrogens with zero attached hydrogens (tertiary/aromatic N) is 4. The summed E-state index contributed by atoms with van der Waals surface area (Å²) in [7, 11) is 3.29. The first-order valence-corrected chi connectivity index (χ1v) is 8.40. The molecule has 27 heavy (non-hydrogen) atoms. The van der Waals surface area contributed by atoms with Gasteiger partial charge in [0.2, 0.25) is 0 Å². The number of pyridine rings is 1. The molecule has 10 nitrogen and oxygen atoms in total. The molecule has 3 rings (SSSR count). The van der Waals surface area contributed by atoms with Crippen molar-refractivity contribution in [3.8, 4) is 11.5 Å². The van der Waals surface area contributed by atoms with Gasteiger partial charge in [-0.3, -0.25) is 4.90 Å². The highest BCUT2D eigenvalue weighted by Crippen LogP contribution is 2.35.